The van der Waals surface area contributed by atoms with Gasteiger partial charge in [0.15, 0.2) is 5.69 Å². The van der Waals surface area contributed by atoms with E-state index in [1.807, 2.05) is 36.4 Å². The maximum atomic E-state index is 12.6. The van der Waals surface area contributed by atoms with Gasteiger partial charge in [0.25, 0.3) is 5.91 Å². The van der Waals surface area contributed by atoms with Crippen molar-refractivity contribution in [2.24, 2.45) is 5.92 Å². The number of ether oxygens (including phenoxy) is 1. The zero-order valence-corrected chi connectivity index (χ0v) is 21.8. The minimum Gasteiger partial charge on any atom is -0.469 e. The molecule has 1 amide bonds. The second-order valence-electron chi connectivity index (χ2n) is 10.0. The fraction of sp³-hybridized carbons (Fsp3) is 0.452. The molecule has 1 aromatic heterocycles. The summed E-state index contributed by atoms with van der Waals surface area (Å²) in [6.07, 6.45) is 13.4. The summed E-state index contributed by atoms with van der Waals surface area (Å²) in [5, 5.41) is 2.99. The Morgan fingerprint density at radius 2 is 1.84 bits per heavy atom. The quantitative estimate of drug-likeness (QED) is 0.225. The van der Waals surface area contributed by atoms with Gasteiger partial charge in [-0.15, -0.1) is 0 Å². The Morgan fingerprint density at radius 3 is 2.68 bits per heavy atom. The SMILES string of the molecule is COC(=O)CCc1cccc(Cc2ccccc2-c2nc(C(=O)NCCCCC3CCCCC3)co2)c1. The van der Waals surface area contributed by atoms with E-state index < -0.39 is 0 Å². The maximum absolute atomic E-state index is 12.6. The number of oxazole rings is 1. The summed E-state index contributed by atoms with van der Waals surface area (Å²) in [5.41, 5.74) is 4.46. The third kappa shape index (κ3) is 8.04. The third-order valence-electron chi connectivity index (χ3n) is 7.27. The molecule has 6 heteroatoms. The summed E-state index contributed by atoms with van der Waals surface area (Å²) in [4.78, 5) is 28.6. The highest BCUT2D eigenvalue weighted by Gasteiger charge is 2.16. The van der Waals surface area contributed by atoms with E-state index in [9.17, 15) is 9.59 Å². The van der Waals surface area contributed by atoms with Gasteiger partial charge in [-0.3, -0.25) is 9.59 Å². The summed E-state index contributed by atoms with van der Waals surface area (Å²) in [5.74, 6) is 0.923. The smallest absolute Gasteiger partial charge is 0.305 e. The normalized spacial score (nSPS) is 13.9. The molecule has 0 radical (unpaired) electrons. The van der Waals surface area contributed by atoms with Crippen LogP contribution in [0.2, 0.25) is 0 Å². The van der Waals surface area contributed by atoms with Crippen LogP contribution in [0.3, 0.4) is 0 Å². The maximum Gasteiger partial charge on any atom is 0.305 e. The van der Waals surface area contributed by atoms with Crippen LogP contribution >= 0.6 is 0 Å². The largest absolute Gasteiger partial charge is 0.469 e. The number of hydrogen-bond acceptors (Lipinski definition) is 5. The molecule has 0 spiro atoms. The number of hydrogen-bond donors (Lipinski definition) is 1. The van der Waals surface area contributed by atoms with Crippen molar-refractivity contribution in [2.45, 2.75) is 70.6 Å². The first kappa shape index (κ1) is 26.6. The van der Waals surface area contributed by atoms with Crippen LogP contribution in [0.1, 0.15) is 85.0 Å². The molecule has 1 heterocycles. The van der Waals surface area contributed by atoms with Gasteiger partial charge < -0.3 is 14.5 Å². The number of esters is 1. The molecule has 4 rings (SSSR count). The van der Waals surface area contributed by atoms with Crippen molar-refractivity contribution in [1.82, 2.24) is 10.3 Å². The van der Waals surface area contributed by atoms with Crippen LogP contribution in [-0.4, -0.2) is 30.5 Å². The van der Waals surface area contributed by atoms with Gasteiger partial charge in [-0.25, -0.2) is 4.98 Å². The molecule has 1 aliphatic carbocycles. The Labute approximate surface area is 219 Å². The van der Waals surface area contributed by atoms with E-state index in [4.69, 9.17) is 9.15 Å². The molecular weight excluding hydrogens is 464 g/mol. The number of aromatic nitrogens is 1. The number of unbranched alkanes of at least 4 members (excludes halogenated alkanes) is 1. The van der Waals surface area contributed by atoms with Crippen molar-refractivity contribution < 1.29 is 18.7 Å². The molecular formula is C31H38N2O4. The van der Waals surface area contributed by atoms with Crippen LogP contribution in [-0.2, 0) is 22.4 Å². The van der Waals surface area contributed by atoms with E-state index >= 15 is 0 Å². The van der Waals surface area contributed by atoms with Gasteiger partial charge in [0.05, 0.1) is 7.11 Å². The Bertz CT molecular complexity index is 1160. The number of carbonyl (C=O) groups is 2. The van der Waals surface area contributed by atoms with Crippen molar-refractivity contribution >= 4 is 11.9 Å². The van der Waals surface area contributed by atoms with Crippen LogP contribution < -0.4 is 5.32 Å². The highest BCUT2D eigenvalue weighted by atomic mass is 16.5. The Kier molecular flexibility index (Phi) is 9.92. The van der Waals surface area contributed by atoms with Crippen LogP contribution in [0.5, 0.6) is 0 Å². The lowest BCUT2D eigenvalue weighted by Crippen LogP contribution is -2.24. The summed E-state index contributed by atoms with van der Waals surface area (Å²) >= 11 is 0. The summed E-state index contributed by atoms with van der Waals surface area (Å²) in [7, 11) is 1.41. The van der Waals surface area contributed by atoms with Crippen molar-refractivity contribution in [2.75, 3.05) is 13.7 Å². The number of amides is 1. The number of methoxy groups -OCH3 is 1. The lowest BCUT2D eigenvalue weighted by atomic mass is 9.86. The Balaban J connectivity index is 1.32. The van der Waals surface area contributed by atoms with Crippen LogP contribution in [0.4, 0.5) is 0 Å². The van der Waals surface area contributed by atoms with Crippen LogP contribution in [0, 0.1) is 5.92 Å². The van der Waals surface area contributed by atoms with E-state index in [0.29, 0.717) is 37.4 Å². The second-order valence-corrected chi connectivity index (χ2v) is 10.0. The molecule has 1 N–H and O–H groups in total. The monoisotopic (exact) mass is 502 g/mol. The number of carbonyl (C=O) groups excluding carboxylic acids is 2. The Morgan fingerprint density at radius 1 is 1.03 bits per heavy atom. The molecule has 0 bridgehead atoms. The van der Waals surface area contributed by atoms with Crippen molar-refractivity contribution in [1.29, 1.82) is 0 Å². The van der Waals surface area contributed by atoms with Gasteiger partial charge in [0, 0.05) is 18.5 Å². The molecule has 1 fully saturated rings. The van der Waals surface area contributed by atoms with Crippen LogP contribution in [0.15, 0.2) is 59.2 Å². The number of aryl methyl sites for hydroxylation is 1. The molecule has 1 saturated carbocycles. The lowest BCUT2D eigenvalue weighted by Gasteiger charge is -2.21. The zero-order valence-electron chi connectivity index (χ0n) is 21.8. The lowest BCUT2D eigenvalue weighted by molar-refractivity contribution is -0.140. The summed E-state index contributed by atoms with van der Waals surface area (Å²) in [6, 6.07) is 16.2. The van der Waals surface area contributed by atoms with Gasteiger partial charge in [-0.1, -0.05) is 87.4 Å². The summed E-state index contributed by atoms with van der Waals surface area (Å²) < 4.78 is 10.5. The molecule has 6 nitrogen and oxygen atoms in total. The molecule has 37 heavy (non-hydrogen) atoms. The summed E-state index contributed by atoms with van der Waals surface area (Å²) in [6.45, 7) is 0.663. The highest BCUT2D eigenvalue weighted by Crippen LogP contribution is 2.28. The van der Waals surface area contributed by atoms with Crippen molar-refractivity contribution in [3.05, 3.63) is 77.2 Å². The number of nitrogens with zero attached hydrogens (tertiary/aromatic N) is 1. The molecule has 196 valence electrons. The molecule has 0 aliphatic heterocycles. The van der Waals surface area contributed by atoms with Gasteiger partial charge in [0.1, 0.15) is 6.26 Å². The first-order chi connectivity index (χ1) is 18.1. The van der Waals surface area contributed by atoms with E-state index in [1.165, 1.54) is 51.9 Å². The van der Waals surface area contributed by atoms with Gasteiger partial charge in [0.2, 0.25) is 5.89 Å². The van der Waals surface area contributed by atoms with Gasteiger partial charge in [-0.2, -0.15) is 0 Å². The van der Waals surface area contributed by atoms with E-state index in [1.54, 1.807) is 0 Å². The fourth-order valence-corrected chi connectivity index (χ4v) is 5.17. The zero-order chi connectivity index (χ0) is 25.9. The fourth-order valence-electron chi connectivity index (χ4n) is 5.17. The minimum atomic E-state index is -0.209. The van der Waals surface area contributed by atoms with Gasteiger partial charge >= 0.3 is 5.97 Å². The second kappa shape index (κ2) is 13.8. The first-order valence-corrected chi connectivity index (χ1v) is 13.6. The minimum absolute atomic E-state index is 0.191. The molecule has 0 unspecified atom stereocenters. The average molecular weight is 503 g/mol. The standard InChI is InChI=1S/C31H38N2O4/c1-36-29(34)18-17-24-13-9-14-25(20-24)21-26-15-5-6-16-27(26)31-33-28(22-37-31)30(35)32-19-8-7-12-23-10-3-2-4-11-23/h5-6,9,13-16,20,22-23H,2-4,7-8,10-12,17-19,21H2,1H3,(H,32,35). The average Bonchev–Trinajstić information content (AvgIpc) is 3.43. The molecule has 1 aliphatic rings. The third-order valence-corrected chi connectivity index (χ3v) is 7.27. The van der Waals surface area contributed by atoms with Gasteiger partial charge in [-0.05, 0) is 47.9 Å². The topological polar surface area (TPSA) is 81.4 Å². The van der Waals surface area contributed by atoms with E-state index in [-0.39, 0.29) is 11.9 Å². The Hall–Kier alpha value is -3.41. The van der Waals surface area contributed by atoms with E-state index in [2.05, 4.69) is 22.4 Å². The highest BCUT2D eigenvalue weighted by molar-refractivity contribution is 5.92. The van der Waals surface area contributed by atoms with Crippen molar-refractivity contribution in [3.8, 4) is 11.5 Å². The van der Waals surface area contributed by atoms with Crippen molar-refractivity contribution in [3.63, 3.8) is 0 Å². The number of nitrogens with one attached hydrogen (secondary N) is 1. The van der Waals surface area contributed by atoms with E-state index in [0.717, 1.165) is 41.0 Å². The molecule has 0 saturated heterocycles. The number of benzene rings is 2. The number of rotatable bonds is 12. The van der Waals surface area contributed by atoms with Crippen LogP contribution in [0.25, 0.3) is 11.5 Å². The molecule has 0 atom stereocenters. The predicted molar refractivity (Wildman–Crippen MR) is 144 cm³/mol. The molecule has 2 aromatic carbocycles. The first-order valence-electron chi connectivity index (χ1n) is 13.6. The molecule has 3 aromatic rings. The predicted octanol–water partition coefficient (Wildman–Crippen LogP) is 6.52.